The van der Waals surface area contributed by atoms with Crippen molar-refractivity contribution in [1.82, 2.24) is 5.06 Å². The van der Waals surface area contributed by atoms with Crippen LogP contribution in [0, 0.1) is 0 Å². The lowest BCUT2D eigenvalue weighted by Crippen LogP contribution is -2.55. The lowest BCUT2D eigenvalue weighted by Gasteiger charge is -2.27. The first kappa shape index (κ1) is 12.9. The van der Waals surface area contributed by atoms with Crippen LogP contribution in [0.3, 0.4) is 0 Å². The summed E-state index contributed by atoms with van der Waals surface area (Å²) in [5.41, 5.74) is -1.63. The minimum atomic E-state index is -1.63. The fourth-order valence-electron chi connectivity index (χ4n) is 1.75. The molecule has 1 rings (SSSR count). The minimum Gasteiger partial charge on any atom is -0.467 e. The molecule has 0 amide bonds. The second-order valence-electron chi connectivity index (χ2n) is 3.46. The highest BCUT2D eigenvalue weighted by Crippen LogP contribution is 2.32. The van der Waals surface area contributed by atoms with Gasteiger partial charge in [0, 0.05) is 13.5 Å². The molecule has 0 unspecified atom stereocenters. The molecule has 1 saturated heterocycles. The third kappa shape index (κ3) is 1.77. The molecule has 0 aliphatic carbocycles. The number of hydrogen-bond acceptors (Lipinski definition) is 7. The topological polar surface area (TPSA) is 85.3 Å². The van der Waals surface area contributed by atoms with E-state index in [0.717, 1.165) is 5.06 Å². The first-order chi connectivity index (χ1) is 7.52. The number of carbonyl (C=O) groups excluding carboxylic acids is 2. The van der Waals surface area contributed by atoms with Crippen molar-refractivity contribution in [2.45, 2.75) is 18.1 Å². The van der Waals surface area contributed by atoms with Gasteiger partial charge in [0.25, 0.3) is 0 Å². The van der Waals surface area contributed by atoms with Gasteiger partial charge >= 0.3 is 11.9 Å². The van der Waals surface area contributed by atoms with E-state index in [9.17, 15) is 9.59 Å². The summed E-state index contributed by atoms with van der Waals surface area (Å²) in [5.74, 6) is -1.53. The maximum atomic E-state index is 11.7. The van der Waals surface area contributed by atoms with E-state index in [1.165, 1.54) is 21.3 Å². The Labute approximate surface area is 92.8 Å². The molecule has 0 aromatic carbocycles. The maximum absolute atomic E-state index is 11.7. The lowest BCUT2D eigenvalue weighted by molar-refractivity contribution is -0.204. The molecule has 0 aromatic heterocycles. The van der Waals surface area contributed by atoms with Gasteiger partial charge in [-0.1, -0.05) is 0 Å². The smallest absolute Gasteiger partial charge is 0.340 e. The highest BCUT2D eigenvalue weighted by atomic mass is 16.7. The van der Waals surface area contributed by atoms with Crippen LogP contribution >= 0.6 is 0 Å². The highest BCUT2D eigenvalue weighted by molar-refractivity contribution is 6.05. The number of hydrogen-bond donors (Lipinski definition) is 1. The number of likely N-dealkylation sites (N-methyl/N-ethyl adjacent to an activating group) is 1. The summed E-state index contributed by atoms with van der Waals surface area (Å²) in [4.78, 5) is 28.5. The van der Waals surface area contributed by atoms with Crippen molar-refractivity contribution in [2.75, 3.05) is 27.9 Å². The summed E-state index contributed by atoms with van der Waals surface area (Å²) in [6, 6.07) is 0. The number of nitrogens with zero attached hydrogens (tertiary/aromatic N) is 1. The molecule has 0 spiro atoms. The van der Waals surface area contributed by atoms with Crippen LogP contribution in [0.4, 0.5) is 0 Å². The molecule has 1 N–H and O–H groups in total. The number of aliphatic hydroxyl groups is 1. The summed E-state index contributed by atoms with van der Waals surface area (Å²) in [6.45, 7) is -0.292. The van der Waals surface area contributed by atoms with Gasteiger partial charge in [0.1, 0.15) is 6.10 Å². The summed E-state index contributed by atoms with van der Waals surface area (Å²) in [5, 5.41) is 10.0. The third-order valence-corrected chi connectivity index (χ3v) is 2.62. The van der Waals surface area contributed by atoms with Gasteiger partial charge in [-0.25, -0.2) is 9.59 Å². The largest absolute Gasteiger partial charge is 0.467 e. The molecule has 0 saturated carbocycles. The van der Waals surface area contributed by atoms with Crippen molar-refractivity contribution in [3.05, 3.63) is 0 Å². The molecule has 0 bridgehead atoms. The van der Waals surface area contributed by atoms with Crippen molar-refractivity contribution in [3.63, 3.8) is 0 Å². The van der Waals surface area contributed by atoms with Crippen LogP contribution < -0.4 is 0 Å². The van der Waals surface area contributed by atoms with Crippen molar-refractivity contribution in [1.29, 1.82) is 0 Å². The molecule has 16 heavy (non-hydrogen) atoms. The Morgan fingerprint density at radius 2 is 1.94 bits per heavy atom. The summed E-state index contributed by atoms with van der Waals surface area (Å²) in [6.07, 6.45) is -0.623. The van der Waals surface area contributed by atoms with E-state index in [-0.39, 0.29) is 13.0 Å². The van der Waals surface area contributed by atoms with Gasteiger partial charge in [-0.05, 0) is 0 Å². The molecule has 1 heterocycles. The van der Waals surface area contributed by atoms with E-state index >= 15 is 0 Å². The molecule has 0 aromatic rings. The van der Waals surface area contributed by atoms with Crippen LogP contribution in [-0.2, 0) is 23.9 Å². The Kier molecular flexibility index (Phi) is 3.84. The Balaban J connectivity index is 3.05. The van der Waals surface area contributed by atoms with Crippen LogP contribution in [0.1, 0.15) is 6.42 Å². The average Bonchev–Trinajstić information content (AvgIpc) is 2.65. The molecule has 1 atom stereocenters. The highest BCUT2D eigenvalue weighted by Gasteiger charge is 2.59. The van der Waals surface area contributed by atoms with Crippen molar-refractivity contribution >= 4 is 11.9 Å². The minimum absolute atomic E-state index is 0.000648. The Morgan fingerprint density at radius 1 is 1.44 bits per heavy atom. The van der Waals surface area contributed by atoms with Crippen LogP contribution in [0.25, 0.3) is 0 Å². The Morgan fingerprint density at radius 3 is 2.25 bits per heavy atom. The lowest BCUT2D eigenvalue weighted by atomic mass is 9.93. The molecule has 1 aliphatic heterocycles. The number of carbonyl (C=O) groups is 2. The molecule has 7 heteroatoms. The first-order valence-corrected chi connectivity index (χ1v) is 4.71. The van der Waals surface area contributed by atoms with Crippen LogP contribution in [0.2, 0.25) is 0 Å². The van der Waals surface area contributed by atoms with Gasteiger partial charge in [0.15, 0.2) is 0 Å². The molecular formula is C9H15NO6. The van der Waals surface area contributed by atoms with E-state index in [1.807, 2.05) is 0 Å². The predicted octanol–water partition coefficient (Wildman–Crippen LogP) is -1.30. The number of ether oxygens (including phenoxy) is 2. The van der Waals surface area contributed by atoms with Gasteiger partial charge in [-0.3, -0.25) is 4.84 Å². The number of aliphatic hydroxyl groups excluding tert-OH is 1. The first-order valence-electron chi connectivity index (χ1n) is 4.71. The monoisotopic (exact) mass is 233 g/mol. The van der Waals surface area contributed by atoms with Crippen LogP contribution in [-0.4, -0.2) is 61.6 Å². The van der Waals surface area contributed by atoms with Crippen molar-refractivity contribution < 1.29 is 29.0 Å². The predicted molar refractivity (Wildman–Crippen MR) is 51.1 cm³/mol. The molecule has 0 radical (unpaired) electrons. The van der Waals surface area contributed by atoms with E-state index in [1.54, 1.807) is 0 Å². The SMILES string of the molecule is COC(=O)C1(C(=O)OC)C[C@H](CO)ON1C. The molecular weight excluding hydrogens is 218 g/mol. The number of hydroxylamine groups is 2. The summed E-state index contributed by atoms with van der Waals surface area (Å²) < 4.78 is 9.16. The second kappa shape index (κ2) is 4.77. The fraction of sp³-hybridized carbons (Fsp3) is 0.778. The van der Waals surface area contributed by atoms with E-state index in [4.69, 9.17) is 9.94 Å². The number of rotatable bonds is 3. The van der Waals surface area contributed by atoms with Crippen molar-refractivity contribution in [3.8, 4) is 0 Å². The Hall–Kier alpha value is -1.18. The van der Waals surface area contributed by atoms with Gasteiger partial charge in [-0.2, -0.15) is 5.06 Å². The average molecular weight is 233 g/mol. The Bertz CT molecular complexity index is 276. The van der Waals surface area contributed by atoms with Gasteiger partial charge in [0.05, 0.1) is 20.8 Å². The quantitative estimate of drug-likeness (QED) is 0.479. The maximum Gasteiger partial charge on any atom is 0.340 e. The third-order valence-electron chi connectivity index (χ3n) is 2.62. The standard InChI is InChI=1S/C9H15NO6/c1-10-9(7(12)14-2,8(13)15-3)4-6(5-11)16-10/h6,11H,4-5H2,1-3H3/t6-/m1/s1. The summed E-state index contributed by atoms with van der Waals surface area (Å²) >= 11 is 0. The van der Waals surface area contributed by atoms with Crippen molar-refractivity contribution in [2.24, 2.45) is 0 Å². The number of methoxy groups -OCH3 is 2. The molecule has 7 nitrogen and oxygen atoms in total. The number of esters is 2. The zero-order valence-electron chi connectivity index (χ0n) is 9.43. The van der Waals surface area contributed by atoms with Gasteiger partial charge in [0.2, 0.25) is 5.54 Å². The van der Waals surface area contributed by atoms with Crippen LogP contribution in [0.5, 0.6) is 0 Å². The fourth-order valence-corrected chi connectivity index (χ4v) is 1.75. The second-order valence-corrected chi connectivity index (χ2v) is 3.46. The van der Waals surface area contributed by atoms with E-state index in [0.29, 0.717) is 0 Å². The van der Waals surface area contributed by atoms with E-state index in [2.05, 4.69) is 9.47 Å². The molecule has 92 valence electrons. The zero-order chi connectivity index (χ0) is 12.3. The summed E-state index contributed by atoms with van der Waals surface area (Å²) in [7, 11) is 3.77. The molecule has 1 aliphatic rings. The van der Waals surface area contributed by atoms with Gasteiger partial charge < -0.3 is 14.6 Å². The molecule has 1 fully saturated rings. The van der Waals surface area contributed by atoms with E-state index < -0.39 is 23.6 Å². The zero-order valence-corrected chi connectivity index (χ0v) is 9.43. The van der Waals surface area contributed by atoms with Crippen LogP contribution in [0.15, 0.2) is 0 Å². The van der Waals surface area contributed by atoms with Gasteiger partial charge in [-0.15, -0.1) is 0 Å². The normalized spacial score (nSPS) is 24.1.